The average Bonchev–Trinajstić information content (AvgIpc) is 2.92. The van der Waals surface area contributed by atoms with Gasteiger partial charge >= 0.3 is 0 Å². The molecule has 1 unspecified atom stereocenters. The van der Waals surface area contributed by atoms with Crippen LogP contribution in [0.3, 0.4) is 0 Å². The molecule has 3 nitrogen and oxygen atoms in total. The summed E-state index contributed by atoms with van der Waals surface area (Å²) in [6.07, 6.45) is 11.3. The molecule has 3 heteroatoms. The van der Waals surface area contributed by atoms with Crippen LogP contribution >= 0.6 is 0 Å². The molecule has 2 saturated carbocycles. The van der Waals surface area contributed by atoms with Crippen molar-refractivity contribution < 1.29 is 4.42 Å². The molecule has 3 fully saturated rings. The van der Waals surface area contributed by atoms with E-state index in [1.54, 1.807) is 0 Å². The van der Waals surface area contributed by atoms with Crippen molar-refractivity contribution in [2.75, 3.05) is 6.54 Å². The molecule has 4 rings (SSSR count). The highest BCUT2D eigenvalue weighted by atomic mass is 16.3. The van der Waals surface area contributed by atoms with Gasteiger partial charge in [-0.3, -0.25) is 4.90 Å². The summed E-state index contributed by atoms with van der Waals surface area (Å²) in [7, 11) is 0. The third-order valence-corrected chi connectivity index (χ3v) is 5.58. The summed E-state index contributed by atoms with van der Waals surface area (Å²) < 4.78 is 6.03. The fraction of sp³-hybridized carbons (Fsp3) is 0.778. The summed E-state index contributed by atoms with van der Waals surface area (Å²) >= 11 is 0. The van der Waals surface area contributed by atoms with Gasteiger partial charge in [0.15, 0.2) is 0 Å². The maximum Gasteiger partial charge on any atom is 0.118 e. The van der Waals surface area contributed by atoms with Crippen molar-refractivity contribution in [1.29, 1.82) is 0 Å². The molecule has 116 valence electrons. The van der Waals surface area contributed by atoms with Crippen LogP contribution in [0.25, 0.3) is 0 Å². The minimum Gasteiger partial charge on any atom is -0.463 e. The second-order valence-electron chi connectivity index (χ2n) is 7.25. The van der Waals surface area contributed by atoms with E-state index in [2.05, 4.69) is 22.3 Å². The van der Waals surface area contributed by atoms with Crippen molar-refractivity contribution in [1.82, 2.24) is 10.2 Å². The lowest BCUT2D eigenvalue weighted by atomic mass is 9.96. The highest BCUT2D eigenvalue weighted by molar-refractivity contribution is 5.08. The largest absolute Gasteiger partial charge is 0.463 e. The van der Waals surface area contributed by atoms with Gasteiger partial charge in [-0.05, 0) is 63.1 Å². The summed E-state index contributed by atoms with van der Waals surface area (Å²) in [6, 6.07) is 5.92. The number of nitrogens with zero attached hydrogens (tertiary/aromatic N) is 1. The Morgan fingerprint density at radius 2 is 1.81 bits per heavy atom. The predicted molar refractivity (Wildman–Crippen MR) is 84.0 cm³/mol. The molecule has 0 spiro atoms. The molecule has 1 aromatic heterocycles. The molecule has 3 aliphatic rings. The molecule has 1 aliphatic heterocycles. The van der Waals surface area contributed by atoms with Crippen molar-refractivity contribution in [2.45, 2.75) is 76.5 Å². The van der Waals surface area contributed by atoms with Gasteiger partial charge in [-0.15, -0.1) is 0 Å². The van der Waals surface area contributed by atoms with Crippen LogP contribution in [0.4, 0.5) is 0 Å². The lowest BCUT2D eigenvalue weighted by Crippen LogP contribution is -2.34. The van der Waals surface area contributed by atoms with Crippen molar-refractivity contribution in [3.8, 4) is 0 Å². The Labute approximate surface area is 128 Å². The number of rotatable bonds is 6. The van der Waals surface area contributed by atoms with Gasteiger partial charge in [0.1, 0.15) is 11.5 Å². The Morgan fingerprint density at radius 3 is 2.62 bits per heavy atom. The van der Waals surface area contributed by atoms with Gasteiger partial charge < -0.3 is 9.73 Å². The van der Waals surface area contributed by atoms with E-state index < -0.39 is 0 Å². The topological polar surface area (TPSA) is 28.4 Å². The number of nitrogens with one attached hydrogen (secondary N) is 1. The zero-order valence-electron chi connectivity index (χ0n) is 13.0. The minimum atomic E-state index is 0.754. The smallest absolute Gasteiger partial charge is 0.118 e. The molecular formula is C18H28N2O. The first-order valence-electron chi connectivity index (χ1n) is 8.93. The zero-order valence-corrected chi connectivity index (χ0v) is 13.0. The van der Waals surface area contributed by atoms with Crippen molar-refractivity contribution in [2.24, 2.45) is 5.92 Å². The summed E-state index contributed by atoms with van der Waals surface area (Å²) in [5, 5.41) is 3.53. The van der Waals surface area contributed by atoms with E-state index in [9.17, 15) is 0 Å². The van der Waals surface area contributed by atoms with Crippen LogP contribution < -0.4 is 5.32 Å². The Balaban J connectivity index is 1.33. The van der Waals surface area contributed by atoms with Crippen LogP contribution in [0.1, 0.15) is 62.9 Å². The minimum absolute atomic E-state index is 0.754. The normalized spacial score (nSPS) is 27.7. The summed E-state index contributed by atoms with van der Waals surface area (Å²) in [5.41, 5.74) is 0. The Bertz CT molecular complexity index is 460. The molecule has 2 heterocycles. The standard InChI is InChI=1S/C18H28N2O/c1-2-5-14(4-1)18-6-3-11-20(18)13-17-10-9-16(21-17)12-19-15-7-8-15/h9-10,14-15,18-19H,1-8,11-13H2. The van der Waals surface area contributed by atoms with Gasteiger partial charge in [-0.25, -0.2) is 0 Å². The molecule has 0 bridgehead atoms. The van der Waals surface area contributed by atoms with Gasteiger partial charge in [0.05, 0.1) is 13.1 Å². The van der Waals surface area contributed by atoms with Gasteiger partial charge in [-0.2, -0.15) is 0 Å². The van der Waals surface area contributed by atoms with Gasteiger partial charge in [-0.1, -0.05) is 12.8 Å². The van der Waals surface area contributed by atoms with E-state index in [-0.39, 0.29) is 0 Å². The maximum absolute atomic E-state index is 6.03. The third kappa shape index (κ3) is 3.35. The average molecular weight is 288 g/mol. The van der Waals surface area contributed by atoms with E-state index in [0.717, 1.165) is 42.6 Å². The predicted octanol–water partition coefficient (Wildman–Crippen LogP) is 3.69. The molecule has 0 aromatic carbocycles. The Hall–Kier alpha value is -0.800. The van der Waals surface area contributed by atoms with E-state index >= 15 is 0 Å². The molecule has 2 aliphatic carbocycles. The number of furan rings is 1. The lowest BCUT2D eigenvalue weighted by molar-refractivity contribution is 0.170. The summed E-state index contributed by atoms with van der Waals surface area (Å²) in [5.74, 6) is 3.22. The molecule has 1 saturated heterocycles. The van der Waals surface area contributed by atoms with E-state index in [4.69, 9.17) is 4.42 Å². The van der Waals surface area contributed by atoms with Crippen molar-refractivity contribution >= 4 is 0 Å². The van der Waals surface area contributed by atoms with Crippen LogP contribution in [0.15, 0.2) is 16.5 Å². The third-order valence-electron chi connectivity index (χ3n) is 5.58. The quantitative estimate of drug-likeness (QED) is 0.865. The first-order valence-corrected chi connectivity index (χ1v) is 8.93. The van der Waals surface area contributed by atoms with Gasteiger partial charge in [0.25, 0.3) is 0 Å². The Kier molecular flexibility index (Phi) is 4.04. The maximum atomic E-state index is 6.03. The van der Waals surface area contributed by atoms with Crippen LogP contribution in [-0.4, -0.2) is 23.5 Å². The molecule has 0 amide bonds. The molecule has 1 atom stereocenters. The fourth-order valence-corrected chi connectivity index (χ4v) is 4.26. The first kappa shape index (κ1) is 13.8. The van der Waals surface area contributed by atoms with Crippen molar-refractivity contribution in [3.05, 3.63) is 23.7 Å². The van der Waals surface area contributed by atoms with Crippen molar-refractivity contribution in [3.63, 3.8) is 0 Å². The van der Waals surface area contributed by atoms with E-state index in [0.29, 0.717) is 0 Å². The Morgan fingerprint density at radius 1 is 1.00 bits per heavy atom. The molecule has 1 N–H and O–H groups in total. The number of likely N-dealkylation sites (tertiary alicyclic amines) is 1. The van der Waals surface area contributed by atoms with Gasteiger partial charge in [0.2, 0.25) is 0 Å². The second-order valence-corrected chi connectivity index (χ2v) is 7.25. The van der Waals surface area contributed by atoms with E-state index in [1.165, 1.54) is 57.9 Å². The molecule has 1 aromatic rings. The number of hydrogen-bond donors (Lipinski definition) is 1. The number of hydrogen-bond acceptors (Lipinski definition) is 3. The van der Waals surface area contributed by atoms with Crippen LogP contribution in [0, 0.1) is 5.92 Å². The zero-order chi connectivity index (χ0) is 14.1. The van der Waals surface area contributed by atoms with Crippen LogP contribution in [-0.2, 0) is 13.1 Å². The highest BCUT2D eigenvalue weighted by Crippen LogP contribution is 2.36. The van der Waals surface area contributed by atoms with Crippen LogP contribution in [0.2, 0.25) is 0 Å². The van der Waals surface area contributed by atoms with Gasteiger partial charge in [0, 0.05) is 12.1 Å². The molecule has 0 radical (unpaired) electrons. The molecule has 21 heavy (non-hydrogen) atoms. The summed E-state index contributed by atoms with van der Waals surface area (Å²) in [4.78, 5) is 2.69. The second kappa shape index (κ2) is 6.13. The SMILES string of the molecule is c1cc(CN2CCCC2C2CCCC2)oc1CNC1CC1. The lowest BCUT2D eigenvalue weighted by Gasteiger charge is -2.28. The monoisotopic (exact) mass is 288 g/mol. The highest BCUT2D eigenvalue weighted by Gasteiger charge is 2.33. The van der Waals surface area contributed by atoms with E-state index in [1.807, 2.05) is 0 Å². The fourth-order valence-electron chi connectivity index (χ4n) is 4.26. The summed E-state index contributed by atoms with van der Waals surface area (Å²) in [6.45, 7) is 3.18. The first-order chi connectivity index (χ1) is 10.4. The van der Waals surface area contributed by atoms with Crippen LogP contribution in [0.5, 0.6) is 0 Å². The molecular weight excluding hydrogens is 260 g/mol.